The van der Waals surface area contributed by atoms with Crippen molar-refractivity contribution in [3.63, 3.8) is 0 Å². The van der Waals surface area contributed by atoms with E-state index in [0.29, 0.717) is 5.75 Å². The van der Waals surface area contributed by atoms with Gasteiger partial charge in [0.2, 0.25) is 11.8 Å². The molecule has 1 aromatic rings. The van der Waals surface area contributed by atoms with Crippen LogP contribution in [0.5, 0.6) is 0 Å². The van der Waals surface area contributed by atoms with Gasteiger partial charge in [0, 0.05) is 11.2 Å². The van der Waals surface area contributed by atoms with E-state index in [1.165, 1.54) is 11.8 Å². The van der Waals surface area contributed by atoms with Crippen LogP contribution in [-0.2, 0) is 9.59 Å². The zero-order valence-corrected chi connectivity index (χ0v) is 12.3. The summed E-state index contributed by atoms with van der Waals surface area (Å²) in [4.78, 5) is 23.2. The second kappa shape index (κ2) is 7.19. The Labute approximate surface area is 118 Å². The molecule has 5 heteroatoms. The summed E-state index contributed by atoms with van der Waals surface area (Å²) in [7, 11) is 0. The first-order chi connectivity index (χ1) is 8.87. The van der Waals surface area contributed by atoms with Gasteiger partial charge in [-0.15, -0.1) is 11.8 Å². The van der Waals surface area contributed by atoms with E-state index in [4.69, 9.17) is 0 Å². The fourth-order valence-electron chi connectivity index (χ4n) is 1.41. The zero-order chi connectivity index (χ0) is 14.3. The van der Waals surface area contributed by atoms with Gasteiger partial charge in [0.1, 0.15) is 0 Å². The van der Waals surface area contributed by atoms with Crippen LogP contribution in [-0.4, -0.2) is 28.9 Å². The molecule has 0 saturated carbocycles. The molecule has 0 aliphatic carbocycles. The number of para-hydroxylation sites is 1. The van der Waals surface area contributed by atoms with Crippen molar-refractivity contribution in [2.24, 2.45) is 0 Å². The van der Waals surface area contributed by atoms with E-state index in [0.717, 1.165) is 5.69 Å². The highest BCUT2D eigenvalue weighted by molar-refractivity contribution is 8.00. The first-order valence-electron chi connectivity index (χ1n) is 6.10. The highest BCUT2D eigenvalue weighted by Crippen LogP contribution is 2.07. The summed E-state index contributed by atoms with van der Waals surface area (Å²) in [6, 6.07) is 9.27. The Morgan fingerprint density at radius 2 is 1.63 bits per heavy atom. The Bertz CT molecular complexity index is 427. The molecule has 0 bridgehead atoms. The second-order valence-electron chi connectivity index (χ2n) is 5.21. The zero-order valence-electron chi connectivity index (χ0n) is 11.5. The third kappa shape index (κ3) is 7.51. The molecule has 0 radical (unpaired) electrons. The molecule has 2 N–H and O–H groups in total. The van der Waals surface area contributed by atoms with Gasteiger partial charge in [-0.1, -0.05) is 18.2 Å². The molecule has 1 aromatic carbocycles. The monoisotopic (exact) mass is 280 g/mol. The molecule has 0 spiro atoms. The number of carbonyl (C=O) groups is 2. The van der Waals surface area contributed by atoms with Gasteiger partial charge in [-0.25, -0.2) is 0 Å². The molecule has 0 fully saturated rings. The largest absolute Gasteiger partial charge is 0.351 e. The van der Waals surface area contributed by atoms with Crippen LogP contribution in [0.15, 0.2) is 30.3 Å². The maximum atomic E-state index is 11.6. The van der Waals surface area contributed by atoms with Crippen LogP contribution in [0, 0.1) is 0 Å². The molecule has 1 rings (SSSR count). The van der Waals surface area contributed by atoms with Gasteiger partial charge < -0.3 is 10.6 Å². The molecule has 104 valence electrons. The number of nitrogens with one attached hydrogen (secondary N) is 2. The van der Waals surface area contributed by atoms with E-state index in [9.17, 15) is 9.59 Å². The van der Waals surface area contributed by atoms with E-state index in [1.807, 2.05) is 51.1 Å². The number of rotatable bonds is 5. The van der Waals surface area contributed by atoms with Gasteiger partial charge in [0.05, 0.1) is 11.5 Å². The molecule has 0 heterocycles. The predicted octanol–water partition coefficient (Wildman–Crippen LogP) is 2.27. The van der Waals surface area contributed by atoms with Crippen molar-refractivity contribution in [3.8, 4) is 0 Å². The molecule has 0 aliphatic rings. The van der Waals surface area contributed by atoms with Crippen LogP contribution < -0.4 is 10.6 Å². The maximum absolute atomic E-state index is 11.6. The lowest BCUT2D eigenvalue weighted by Crippen LogP contribution is -2.41. The fraction of sp³-hybridized carbons (Fsp3) is 0.429. The van der Waals surface area contributed by atoms with Crippen molar-refractivity contribution in [2.75, 3.05) is 16.8 Å². The SMILES string of the molecule is CC(C)(C)NC(=O)CSCC(=O)Nc1ccccc1. The summed E-state index contributed by atoms with van der Waals surface area (Å²) in [5, 5.41) is 5.62. The van der Waals surface area contributed by atoms with Crippen molar-refractivity contribution < 1.29 is 9.59 Å². The molecule has 0 saturated heterocycles. The van der Waals surface area contributed by atoms with E-state index in [2.05, 4.69) is 10.6 Å². The van der Waals surface area contributed by atoms with Crippen LogP contribution in [0.2, 0.25) is 0 Å². The smallest absolute Gasteiger partial charge is 0.234 e. The van der Waals surface area contributed by atoms with Gasteiger partial charge in [-0.05, 0) is 32.9 Å². The Balaban J connectivity index is 2.23. The average molecular weight is 280 g/mol. The van der Waals surface area contributed by atoms with Gasteiger partial charge in [-0.3, -0.25) is 9.59 Å². The Kier molecular flexibility index (Phi) is 5.89. The molecule has 0 unspecified atom stereocenters. The molecular weight excluding hydrogens is 260 g/mol. The van der Waals surface area contributed by atoms with Gasteiger partial charge >= 0.3 is 0 Å². The predicted molar refractivity (Wildman–Crippen MR) is 80.3 cm³/mol. The normalized spacial score (nSPS) is 10.9. The Hall–Kier alpha value is -1.49. The van der Waals surface area contributed by atoms with Crippen LogP contribution in [0.3, 0.4) is 0 Å². The molecule has 0 aliphatic heterocycles. The van der Waals surface area contributed by atoms with Crippen molar-refractivity contribution in [1.29, 1.82) is 0 Å². The third-order valence-electron chi connectivity index (χ3n) is 2.04. The van der Waals surface area contributed by atoms with E-state index in [-0.39, 0.29) is 23.1 Å². The van der Waals surface area contributed by atoms with Gasteiger partial charge in [0.25, 0.3) is 0 Å². The molecular formula is C14H20N2O2S. The highest BCUT2D eigenvalue weighted by atomic mass is 32.2. The number of hydrogen-bond donors (Lipinski definition) is 2. The summed E-state index contributed by atoms with van der Waals surface area (Å²) in [5.74, 6) is 0.413. The fourth-order valence-corrected chi connectivity index (χ4v) is 2.03. The summed E-state index contributed by atoms with van der Waals surface area (Å²) in [5.41, 5.74) is 0.538. The number of amides is 2. The first kappa shape index (κ1) is 15.6. The lowest BCUT2D eigenvalue weighted by atomic mass is 10.1. The van der Waals surface area contributed by atoms with Crippen molar-refractivity contribution in [1.82, 2.24) is 5.32 Å². The highest BCUT2D eigenvalue weighted by Gasteiger charge is 2.13. The standard InChI is InChI=1S/C14H20N2O2S/c1-14(2,3)16-13(18)10-19-9-12(17)15-11-7-5-4-6-8-11/h4-8H,9-10H2,1-3H3,(H,15,17)(H,16,18). The van der Waals surface area contributed by atoms with Crippen LogP contribution in [0.4, 0.5) is 5.69 Å². The summed E-state index contributed by atoms with van der Waals surface area (Å²) in [6.07, 6.45) is 0. The summed E-state index contributed by atoms with van der Waals surface area (Å²) >= 11 is 1.31. The minimum Gasteiger partial charge on any atom is -0.351 e. The van der Waals surface area contributed by atoms with E-state index < -0.39 is 0 Å². The average Bonchev–Trinajstić information content (AvgIpc) is 2.27. The quantitative estimate of drug-likeness (QED) is 0.870. The Morgan fingerprint density at radius 1 is 1.05 bits per heavy atom. The number of benzene rings is 1. The lowest BCUT2D eigenvalue weighted by Gasteiger charge is -2.20. The van der Waals surface area contributed by atoms with Crippen molar-refractivity contribution in [2.45, 2.75) is 26.3 Å². The van der Waals surface area contributed by atoms with E-state index in [1.54, 1.807) is 0 Å². The van der Waals surface area contributed by atoms with Crippen LogP contribution in [0.1, 0.15) is 20.8 Å². The number of carbonyl (C=O) groups excluding carboxylic acids is 2. The minimum atomic E-state index is -0.232. The lowest BCUT2D eigenvalue weighted by molar-refractivity contribution is -0.119. The van der Waals surface area contributed by atoms with Crippen LogP contribution in [0.25, 0.3) is 0 Å². The first-order valence-corrected chi connectivity index (χ1v) is 7.26. The third-order valence-corrected chi connectivity index (χ3v) is 2.97. The summed E-state index contributed by atoms with van der Waals surface area (Å²) < 4.78 is 0. The minimum absolute atomic E-state index is 0.0509. The Morgan fingerprint density at radius 3 is 2.21 bits per heavy atom. The number of hydrogen-bond acceptors (Lipinski definition) is 3. The van der Waals surface area contributed by atoms with Crippen molar-refractivity contribution >= 4 is 29.3 Å². The molecule has 4 nitrogen and oxygen atoms in total. The number of anilines is 1. The number of thioether (sulfide) groups is 1. The topological polar surface area (TPSA) is 58.2 Å². The molecule has 2 amide bonds. The summed E-state index contributed by atoms with van der Waals surface area (Å²) in [6.45, 7) is 5.78. The van der Waals surface area contributed by atoms with Gasteiger partial charge in [-0.2, -0.15) is 0 Å². The van der Waals surface area contributed by atoms with Crippen LogP contribution >= 0.6 is 11.8 Å². The van der Waals surface area contributed by atoms with E-state index >= 15 is 0 Å². The molecule has 0 aromatic heterocycles. The maximum Gasteiger partial charge on any atom is 0.234 e. The molecule has 19 heavy (non-hydrogen) atoms. The second-order valence-corrected chi connectivity index (χ2v) is 6.19. The van der Waals surface area contributed by atoms with Gasteiger partial charge in [0.15, 0.2) is 0 Å². The van der Waals surface area contributed by atoms with Crippen molar-refractivity contribution in [3.05, 3.63) is 30.3 Å². The molecule has 0 atom stereocenters.